The molecule has 0 unspecified atom stereocenters. The minimum absolute atomic E-state index is 0.898. The summed E-state index contributed by atoms with van der Waals surface area (Å²) >= 11 is 0. The lowest BCUT2D eigenvalue weighted by atomic mass is 9.89. The minimum atomic E-state index is 0.898. The van der Waals surface area contributed by atoms with Gasteiger partial charge in [0.2, 0.25) is 0 Å². The number of rotatable bonds is 7. The molecule has 0 bridgehead atoms. The van der Waals surface area contributed by atoms with Gasteiger partial charge in [0.1, 0.15) is 0 Å². The van der Waals surface area contributed by atoms with E-state index in [0.29, 0.717) is 0 Å². The first kappa shape index (κ1) is 16.2. The first-order valence-electron chi connectivity index (χ1n) is 9.74. The number of aryl methyl sites for hydroxylation is 1. The van der Waals surface area contributed by atoms with Crippen LogP contribution in [0.3, 0.4) is 0 Å². The maximum Gasteiger partial charge on any atom is 0.0394 e. The molecule has 0 aliphatic rings. The highest BCUT2D eigenvalue weighted by Crippen LogP contribution is 2.39. The van der Waals surface area contributed by atoms with Crippen molar-refractivity contribution in [2.24, 2.45) is 0 Å². The molecule has 0 aromatic heterocycles. The largest absolute Gasteiger partial charge is 0.398 e. The Hall–Kier alpha value is -2.28. The molecule has 4 aromatic carbocycles. The molecule has 1 nitrogen and oxygen atoms in total. The molecular weight excluding hydrogens is 302 g/mol. The van der Waals surface area contributed by atoms with Gasteiger partial charge in [0.25, 0.3) is 0 Å². The Kier molecular flexibility index (Phi) is 4.48. The van der Waals surface area contributed by atoms with E-state index in [1.54, 1.807) is 0 Å². The first-order valence-corrected chi connectivity index (χ1v) is 9.74. The predicted molar refractivity (Wildman–Crippen MR) is 112 cm³/mol. The lowest BCUT2D eigenvalue weighted by Gasteiger charge is -2.16. The number of nitrogen functional groups attached to an aromatic ring is 1. The number of hydrogen-bond acceptors (Lipinski definition) is 1. The zero-order valence-corrected chi connectivity index (χ0v) is 15.1. The molecule has 0 saturated heterocycles. The fourth-order valence-corrected chi connectivity index (χ4v) is 4.22. The van der Waals surface area contributed by atoms with Gasteiger partial charge in [0.05, 0.1) is 0 Å². The molecule has 128 valence electrons. The summed E-state index contributed by atoms with van der Waals surface area (Å²) in [5.41, 5.74) is 8.70. The van der Waals surface area contributed by atoms with Crippen molar-refractivity contribution in [3.8, 4) is 0 Å². The van der Waals surface area contributed by atoms with E-state index in [2.05, 4.69) is 55.5 Å². The number of hydrogen-bond donors (Lipinski definition) is 1. The molecular formula is C24H27N. The summed E-state index contributed by atoms with van der Waals surface area (Å²) in [5.74, 6) is 0. The van der Waals surface area contributed by atoms with Gasteiger partial charge >= 0.3 is 0 Å². The van der Waals surface area contributed by atoms with Gasteiger partial charge in [-0.3, -0.25) is 0 Å². The van der Waals surface area contributed by atoms with Crippen molar-refractivity contribution in [1.82, 2.24) is 0 Å². The van der Waals surface area contributed by atoms with Crippen molar-refractivity contribution in [3.05, 3.63) is 54.1 Å². The predicted octanol–water partition coefficient (Wildman–Crippen LogP) is 7.07. The molecule has 4 rings (SSSR count). The lowest BCUT2D eigenvalue weighted by Crippen LogP contribution is -1.95. The normalized spacial score (nSPS) is 11.9. The van der Waals surface area contributed by atoms with Gasteiger partial charge in [0.15, 0.2) is 0 Å². The van der Waals surface area contributed by atoms with Crippen LogP contribution in [0.1, 0.15) is 51.0 Å². The Balaban J connectivity index is 1.75. The summed E-state index contributed by atoms with van der Waals surface area (Å²) in [6.45, 7) is 2.27. The van der Waals surface area contributed by atoms with Crippen LogP contribution in [0.15, 0.2) is 48.5 Å². The van der Waals surface area contributed by atoms with Gasteiger partial charge < -0.3 is 5.73 Å². The van der Waals surface area contributed by atoms with Crippen LogP contribution in [0.25, 0.3) is 32.3 Å². The zero-order valence-electron chi connectivity index (χ0n) is 15.1. The monoisotopic (exact) mass is 329 g/mol. The Morgan fingerprint density at radius 1 is 0.720 bits per heavy atom. The van der Waals surface area contributed by atoms with Gasteiger partial charge in [-0.1, -0.05) is 75.4 Å². The summed E-state index contributed by atoms with van der Waals surface area (Å²) in [6, 6.07) is 17.7. The van der Waals surface area contributed by atoms with E-state index in [-0.39, 0.29) is 0 Å². The second kappa shape index (κ2) is 6.92. The minimum Gasteiger partial charge on any atom is -0.398 e. The summed E-state index contributed by atoms with van der Waals surface area (Å²) < 4.78 is 0. The van der Waals surface area contributed by atoms with Crippen LogP contribution in [0, 0.1) is 0 Å². The standard InChI is InChI=1S/C24H27N/c1-2-3-4-5-6-7-9-19-16-21-22(25)15-14-18-13-12-17-10-8-11-20(19)23(17)24(18)21/h8,10-16H,2-7,9,25H2,1H3. The quantitative estimate of drug-likeness (QED) is 0.219. The molecule has 0 aliphatic heterocycles. The molecule has 2 N–H and O–H groups in total. The molecule has 0 fully saturated rings. The highest BCUT2D eigenvalue weighted by atomic mass is 14.5. The van der Waals surface area contributed by atoms with Gasteiger partial charge in [-0.2, -0.15) is 0 Å². The molecule has 0 saturated carbocycles. The van der Waals surface area contributed by atoms with E-state index in [0.717, 1.165) is 12.1 Å². The van der Waals surface area contributed by atoms with Crippen LogP contribution in [-0.2, 0) is 6.42 Å². The molecule has 25 heavy (non-hydrogen) atoms. The Morgan fingerprint density at radius 3 is 2.24 bits per heavy atom. The fraction of sp³-hybridized carbons (Fsp3) is 0.333. The Labute approximate surface area is 150 Å². The molecule has 4 aromatic rings. The highest BCUT2D eigenvalue weighted by Gasteiger charge is 2.13. The average molecular weight is 329 g/mol. The molecule has 0 atom stereocenters. The van der Waals surface area contributed by atoms with E-state index < -0.39 is 0 Å². The number of anilines is 1. The second-order valence-corrected chi connectivity index (χ2v) is 7.32. The Bertz CT molecular complexity index is 999. The van der Waals surface area contributed by atoms with Crippen molar-refractivity contribution in [2.75, 3.05) is 5.73 Å². The van der Waals surface area contributed by atoms with E-state index in [1.165, 1.54) is 76.4 Å². The number of benzene rings is 4. The van der Waals surface area contributed by atoms with Gasteiger partial charge in [0, 0.05) is 11.1 Å². The number of nitrogens with two attached hydrogens (primary N) is 1. The van der Waals surface area contributed by atoms with Crippen molar-refractivity contribution < 1.29 is 0 Å². The number of unbranched alkanes of at least 4 members (excludes halogenated alkanes) is 5. The topological polar surface area (TPSA) is 26.0 Å². The van der Waals surface area contributed by atoms with E-state index in [9.17, 15) is 0 Å². The van der Waals surface area contributed by atoms with E-state index in [1.807, 2.05) is 0 Å². The van der Waals surface area contributed by atoms with Crippen LogP contribution in [0.5, 0.6) is 0 Å². The van der Waals surface area contributed by atoms with Gasteiger partial charge in [-0.05, 0) is 57.5 Å². The summed E-state index contributed by atoms with van der Waals surface area (Å²) in [6.07, 6.45) is 9.16. The van der Waals surface area contributed by atoms with Crippen LogP contribution < -0.4 is 5.73 Å². The molecule has 0 heterocycles. The SMILES string of the molecule is CCCCCCCCc1cc2c(N)ccc3ccc4cccc1c4c32. The maximum atomic E-state index is 6.34. The van der Waals surface area contributed by atoms with E-state index in [4.69, 9.17) is 5.73 Å². The molecule has 0 amide bonds. The average Bonchev–Trinajstić information content (AvgIpc) is 2.64. The smallest absolute Gasteiger partial charge is 0.0394 e. The van der Waals surface area contributed by atoms with Crippen LogP contribution >= 0.6 is 0 Å². The third kappa shape index (κ3) is 2.93. The molecule has 1 heteroatoms. The van der Waals surface area contributed by atoms with Crippen molar-refractivity contribution >= 4 is 38.0 Å². The summed E-state index contributed by atoms with van der Waals surface area (Å²) in [4.78, 5) is 0. The fourth-order valence-electron chi connectivity index (χ4n) is 4.22. The van der Waals surface area contributed by atoms with Crippen molar-refractivity contribution in [3.63, 3.8) is 0 Å². The van der Waals surface area contributed by atoms with Gasteiger partial charge in [-0.15, -0.1) is 0 Å². The maximum absolute atomic E-state index is 6.34. The molecule has 0 spiro atoms. The molecule has 0 radical (unpaired) electrons. The van der Waals surface area contributed by atoms with Crippen molar-refractivity contribution in [1.29, 1.82) is 0 Å². The molecule has 0 aliphatic carbocycles. The van der Waals surface area contributed by atoms with Crippen LogP contribution in [-0.4, -0.2) is 0 Å². The summed E-state index contributed by atoms with van der Waals surface area (Å²) in [7, 11) is 0. The van der Waals surface area contributed by atoms with E-state index >= 15 is 0 Å². The van der Waals surface area contributed by atoms with Crippen LogP contribution in [0.4, 0.5) is 5.69 Å². The second-order valence-electron chi connectivity index (χ2n) is 7.32. The third-order valence-corrected chi connectivity index (χ3v) is 5.56. The third-order valence-electron chi connectivity index (χ3n) is 5.56. The van der Waals surface area contributed by atoms with Crippen molar-refractivity contribution in [2.45, 2.75) is 51.9 Å². The zero-order chi connectivity index (χ0) is 17.2. The summed E-state index contributed by atoms with van der Waals surface area (Å²) in [5, 5.41) is 7.98. The lowest BCUT2D eigenvalue weighted by molar-refractivity contribution is 0.608. The van der Waals surface area contributed by atoms with Crippen LogP contribution in [0.2, 0.25) is 0 Å². The van der Waals surface area contributed by atoms with Gasteiger partial charge in [-0.25, -0.2) is 0 Å². The first-order chi connectivity index (χ1) is 12.3. The Morgan fingerprint density at radius 2 is 1.40 bits per heavy atom. The highest BCUT2D eigenvalue weighted by molar-refractivity contribution is 6.25.